The van der Waals surface area contributed by atoms with Gasteiger partial charge in [-0.3, -0.25) is 0 Å². The molecule has 3 aromatic rings. The Labute approximate surface area is 120 Å². The fourth-order valence-electron chi connectivity index (χ4n) is 2.38. The Balaban J connectivity index is 2.26. The highest BCUT2D eigenvalue weighted by molar-refractivity contribution is 6.01. The molecule has 21 heavy (non-hydrogen) atoms. The third kappa shape index (κ3) is 2.26. The summed E-state index contributed by atoms with van der Waals surface area (Å²) >= 11 is 0. The largest absolute Gasteiger partial charge is 0.478 e. The van der Waals surface area contributed by atoms with Crippen molar-refractivity contribution >= 4 is 17.0 Å². The zero-order chi connectivity index (χ0) is 15.0. The zero-order valence-electron chi connectivity index (χ0n) is 11.6. The standard InChI is InChI=1S/C14H14N4O3/c1-8(2)13-16-10-5-3-4-9(14(19)20)12(10)18(13)6-11-15-7-21-17-11/h3-5,7-8H,6H2,1-2H3,(H,19,20). The Kier molecular flexibility index (Phi) is 3.17. The number of carbonyl (C=O) groups is 1. The molecule has 0 radical (unpaired) electrons. The van der Waals surface area contributed by atoms with Crippen LogP contribution in [0.2, 0.25) is 0 Å². The van der Waals surface area contributed by atoms with Crippen LogP contribution in [0.4, 0.5) is 0 Å². The summed E-state index contributed by atoms with van der Waals surface area (Å²) in [6.07, 6.45) is 1.25. The van der Waals surface area contributed by atoms with Crippen LogP contribution in [0, 0.1) is 0 Å². The first-order valence-corrected chi connectivity index (χ1v) is 6.55. The minimum Gasteiger partial charge on any atom is -0.478 e. The number of benzene rings is 1. The average Bonchev–Trinajstić information content (AvgIpc) is 3.07. The average molecular weight is 286 g/mol. The summed E-state index contributed by atoms with van der Waals surface area (Å²) in [5.74, 6) is 0.441. The zero-order valence-corrected chi connectivity index (χ0v) is 11.6. The molecule has 0 bridgehead atoms. The predicted molar refractivity (Wildman–Crippen MR) is 74.2 cm³/mol. The molecule has 2 aromatic heterocycles. The van der Waals surface area contributed by atoms with E-state index in [1.807, 2.05) is 18.4 Å². The van der Waals surface area contributed by atoms with Crippen LogP contribution < -0.4 is 0 Å². The van der Waals surface area contributed by atoms with E-state index in [1.54, 1.807) is 18.2 Å². The van der Waals surface area contributed by atoms with Gasteiger partial charge >= 0.3 is 5.97 Å². The van der Waals surface area contributed by atoms with Crippen LogP contribution in [0.1, 0.15) is 41.8 Å². The molecule has 0 amide bonds. The molecule has 0 unspecified atom stereocenters. The third-order valence-electron chi connectivity index (χ3n) is 3.25. The van der Waals surface area contributed by atoms with E-state index in [-0.39, 0.29) is 11.5 Å². The molecule has 0 saturated carbocycles. The summed E-state index contributed by atoms with van der Waals surface area (Å²) in [7, 11) is 0. The van der Waals surface area contributed by atoms with Crippen molar-refractivity contribution in [2.45, 2.75) is 26.3 Å². The van der Waals surface area contributed by atoms with Crippen LogP contribution in [0.25, 0.3) is 11.0 Å². The second-order valence-corrected chi connectivity index (χ2v) is 5.04. The summed E-state index contributed by atoms with van der Waals surface area (Å²) in [4.78, 5) is 20.0. The van der Waals surface area contributed by atoms with Crippen molar-refractivity contribution in [1.29, 1.82) is 0 Å². The summed E-state index contributed by atoms with van der Waals surface area (Å²) in [5.41, 5.74) is 1.45. The van der Waals surface area contributed by atoms with Crippen LogP contribution in [0.5, 0.6) is 0 Å². The Morgan fingerprint density at radius 2 is 2.24 bits per heavy atom. The maximum atomic E-state index is 11.5. The molecule has 0 saturated heterocycles. The van der Waals surface area contributed by atoms with Gasteiger partial charge in [-0.05, 0) is 12.1 Å². The van der Waals surface area contributed by atoms with Gasteiger partial charge in [0, 0.05) is 5.92 Å². The highest BCUT2D eigenvalue weighted by Crippen LogP contribution is 2.25. The minimum absolute atomic E-state index is 0.144. The van der Waals surface area contributed by atoms with Crippen LogP contribution >= 0.6 is 0 Å². The summed E-state index contributed by atoms with van der Waals surface area (Å²) in [5, 5.41) is 13.2. The third-order valence-corrected chi connectivity index (χ3v) is 3.25. The highest BCUT2D eigenvalue weighted by Gasteiger charge is 2.20. The first-order chi connectivity index (χ1) is 10.1. The Morgan fingerprint density at radius 1 is 1.43 bits per heavy atom. The van der Waals surface area contributed by atoms with Gasteiger partial charge < -0.3 is 14.2 Å². The number of carboxylic acid groups (broad SMARTS) is 1. The van der Waals surface area contributed by atoms with Gasteiger partial charge in [-0.25, -0.2) is 9.78 Å². The summed E-state index contributed by atoms with van der Waals surface area (Å²) in [6.45, 7) is 4.34. The summed E-state index contributed by atoms with van der Waals surface area (Å²) in [6, 6.07) is 5.07. The normalized spacial score (nSPS) is 11.4. The molecule has 0 aliphatic carbocycles. The number of aromatic carboxylic acids is 1. The first kappa shape index (κ1) is 13.3. The second-order valence-electron chi connectivity index (χ2n) is 5.04. The highest BCUT2D eigenvalue weighted by atomic mass is 16.5. The maximum Gasteiger partial charge on any atom is 0.337 e. The number of rotatable bonds is 4. The molecule has 1 aromatic carbocycles. The number of imidazole rings is 1. The molecule has 7 heteroatoms. The predicted octanol–water partition coefficient (Wildman–Crippen LogP) is 2.29. The maximum absolute atomic E-state index is 11.5. The van der Waals surface area contributed by atoms with Gasteiger partial charge in [-0.1, -0.05) is 25.1 Å². The number of hydrogen-bond acceptors (Lipinski definition) is 5. The van der Waals surface area contributed by atoms with Crippen molar-refractivity contribution in [3.05, 3.63) is 41.8 Å². The molecular weight excluding hydrogens is 272 g/mol. The van der Waals surface area contributed by atoms with Crippen molar-refractivity contribution in [3.63, 3.8) is 0 Å². The van der Waals surface area contributed by atoms with E-state index in [4.69, 9.17) is 4.52 Å². The lowest BCUT2D eigenvalue weighted by Gasteiger charge is -2.10. The van der Waals surface area contributed by atoms with Crippen molar-refractivity contribution < 1.29 is 14.4 Å². The Morgan fingerprint density at radius 3 is 2.86 bits per heavy atom. The van der Waals surface area contributed by atoms with Crippen molar-refractivity contribution in [2.75, 3.05) is 0 Å². The van der Waals surface area contributed by atoms with E-state index in [9.17, 15) is 9.90 Å². The van der Waals surface area contributed by atoms with Gasteiger partial charge in [0.05, 0.1) is 23.1 Å². The molecule has 0 fully saturated rings. The first-order valence-electron chi connectivity index (χ1n) is 6.55. The van der Waals surface area contributed by atoms with Crippen LogP contribution in [0.3, 0.4) is 0 Å². The van der Waals surface area contributed by atoms with Gasteiger partial charge in [0.25, 0.3) is 0 Å². The van der Waals surface area contributed by atoms with E-state index < -0.39 is 5.97 Å². The SMILES string of the molecule is CC(C)c1nc2cccc(C(=O)O)c2n1Cc1ncon1. The van der Waals surface area contributed by atoms with Crippen LogP contribution in [-0.4, -0.2) is 30.8 Å². The number of nitrogens with zero attached hydrogens (tertiary/aromatic N) is 4. The molecule has 0 atom stereocenters. The summed E-state index contributed by atoms with van der Waals surface area (Å²) < 4.78 is 6.58. The Hall–Kier alpha value is -2.70. The molecular formula is C14H14N4O3. The fourth-order valence-corrected chi connectivity index (χ4v) is 2.38. The van der Waals surface area contributed by atoms with Crippen LogP contribution in [0.15, 0.2) is 29.1 Å². The fraction of sp³-hybridized carbons (Fsp3) is 0.286. The molecule has 108 valence electrons. The smallest absolute Gasteiger partial charge is 0.337 e. The lowest BCUT2D eigenvalue weighted by Crippen LogP contribution is -2.10. The van der Waals surface area contributed by atoms with Crippen molar-refractivity contribution in [3.8, 4) is 0 Å². The molecule has 7 nitrogen and oxygen atoms in total. The quantitative estimate of drug-likeness (QED) is 0.790. The van der Waals surface area contributed by atoms with Gasteiger partial charge in [-0.15, -0.1) is 0 Å². The number of para-hydroxylation sites is 1. The molecule has 0 spiro atoms. The minimum atomic E-state index is -0.981. The molecule has 1 N–H and O–H groups in total. The van der Waals surface area contributed by atoms with Gasteiger partial charge in [0.15, 0.2) is 5.82 Å². The lowest BCUT2D eigenvalue weighted by atomic mass is 10.2. The number of hydrogen-bond donors (Lipinski definition) is 1. The van der Waals surface area contributed by atoms with Crippen LogP contribution in [-0.2, 0) is 6.54 Å². The van der Waals surface area contributed by atoms with Gasteiger partial charge in [0.1, 0.15) is 5.82 Å². The Bertz CT molecular complexity index is 790. The number of aromatic nitrogens is 4. The van der Waals surface area contributed by atoms with E-state index in [2.05, 4.69) is 15.1 Å². The molecule has 0 aliphatic rings. The van der Waals surface area contributed by atoms with E-state index >= 15 is 0 Å². The topological polar surface area (TPSA) is 94.0 Å². The van der Waals surface area contributed by atoms with E-state index in [1.165, 1.54) is 6.39 Å². The monoisotopic (exact) mass is 286 g/mol. The molecule has 2 heterocycles. The molecule has 3 rings (SSSR count). The van der Waals surface area contributed by atoms with Crippen molar-refractivity contribution in [2.24, 2.45) is 0 Å². The lowest BCUT2D eigenvalue weighted by molar-refractivity contribution is 0.0698. The number of fused-ring (bicyclic) bond motifs is 1. The van der Waals surface area contributed by atoms with E-state index in [0.29, 0.717) is 23.4 Å². The molecule has 0 aliphatic heterocycles. The second kappa shape index (κ2) is 5.01. The van der Waals surface area contributed by atoms with Crippen molar-refractivity contribution in [1.82, 2.24) is 19.7 Å². The van der Waals surface area contributed by atoms with Gasteiger partial charge in [0.2, 0.25) is 6.39 Å². The van der Waals surface area contributed by atoms with E-state index in [0.717, 1.165) is 5.82 Å². The van der Waals surface area contributed by atoms with Gasteiger partial charge in [-0.2, -0.15) is 4.98 Å². The number of carboxylic acids is 1.